The first-order chi connectivity index (χ1) is 13.8. The van der Waals surface area contributed by atoms with E-state index in [-0.39, 0.29) is 5.75 Å². The molecule has 2 amide bonds. The molecule has 0 fully saturated rings. The second-order valence-electron chi connectivity index (χ2n) is 6.07. The van der Waals surface area contributed by atoms with Gasteiger partial charge in [0.1, 0.15) is 9.88 Å². The first kappa shape index (κ1) is 20.8. The van der Waals surface area contributed by atoms with Gasteiger partial charge in [0.2, 0.25) is 0 Å². The normalized spacial score (nSPS) is 11.6. The molecule has 1 aromatic heterocycles. The smallest absolute Gasteiger partial charge is 0.281 e. The van der Waals surface area contributed by atoms with Gasteiger partial charge in [0.15, 0.2) is 17.7 Å². The number of hydrogen-bond acceptors (Lipinski definition) is 5. The standard InChI is InChI=1S/C20H17ClFN3O3S/c1-11-17(29-20(23-11)13-7-9-14(21)10-8-13)19(27)25-24-18(26)12(2)28-16-6-4-3-5-15(16)22/h3-10,12H,1-2H3,(H,24,26)(H,25,27)/t12-/m0/s1. The Labute approximate surface area is 175 Å². The number of aromatic nitrogens is 1. The zero-order valence-corrected chi connectivity index (χ0v) is 17.1. The fourth-order valence-electron chi connectivity index (χ4n) is 2.38. The van der Waals surface area contributed by atoms with E-state index in [4.69, 9.17) is 16.3 Å². The first-order valence-corrected chi connectivity index (χ1v) is 9.79. The molecule has 0 aliphatic rings. The van der Waals surface area contributed by atoms with Crippen LogP contribution in [-0.2, 0) is 4.79 Å². The minimum absolute atomic E-state index is 0.0487. The molecule has 0 saturated carbocycles. The molecule has 0 spiro atoms. The summed E-state index contributed by atoms with van der Waals surface area (Å²) in [4.78, 5) is 29.3. The van der Waals surface area contributed by atoms with Crippen LogP contribution >= 0.6 is 22.9 Å². The average Bonchev–Trinajstić information content (AvgIpc) is 3.09. The number of aryl methyl sites for hydroxylation is 1. The number of thiazole rings is 1. The third-order valence-corrected chi connectivity index (χ3v) is 5.36. The maximum Gasteiger partial charge on any atom is 0.281 e. The van der Waals surface area contributed by atoms with Crippen LogP contribution < -0.4 is 15.6 Å². The lowest BCUT2D eigenvalue weighted by atomic mass is 10.2. The number of halogens is 2. The van der Waals surface area contributed by atoms with Crippen LogP contribution in [0.4, 0.5) is 4.39 Å². The van der Waals surface area contributed by atoms with E-state index >= 15 is 0 Å². The number of hydrazine groups is 1. The van der Waals surface area contributed by atoms with Gasteiger partial charge in [0.05, 0.1) is 5.69 Å². The number of hydrogen-bond donors (Lipinski definition) is 2. The molecule has 0 saturated heterocycles. The second kappa shape index (κ2) is 9.02. The van der Waals surface area contributed by atoms with Gasteiger partial charge >= 0.3 is 0 Å². The number of amides is 2. The summed E-state index contributed by atoms with van der Waals surface area (Å²) in [6, 6.07) is 12.9. The number of carbonyl (C=O) groups excluding carboxylic acids is 2. The first-order valence-electron chi connectivity index (χ1n) is 8.60. The molecule has 9 heteroatoms. The minimum Gasteiger partial charge on any atom is -0.478 e. The Bertz CT molecular complexity index is 1040. The topological polar surface area (TPSA) is 80.3 Å². The number of carbonyl (C=O) groups is 2. The Kier molecular flexibility index (Phi) is 6.46. The van der Waals surface area contributed by atoms with Gasteiger partial charge in [0.25, 0.3) is 11.8 Å². The molecular weight excluding hydrogens is 417 g/mol. The van der Waals surface area contributed by atoms with Crippen LogP contribution in [0.15, 0.2) is 48.5 Å². The van der Waals surface area contributed by atoms with Crippen LogP contribution in [0.1, 0.15) is 22.3 Å². The molecular formula is C20H17ClFN3O3S. The van der Waals surface area contributed by atoms with Crippen LogP contribution in [-0.4, -0.2) is 22.9 Å². The highest BCUT2D eigenvalue weighted by atomic mass is 35.5. The van der Waals surface area contributed by atoms with E-state index in [1.54, 1.807) is 25.1 Å². The van der Waals surface area contributed by atoms with Crippen molar-refractivity contribution in [3.05, 3.63) is 69.9 Å². The zero-order chi connectivity index (χ0) is 21.0. The van der Waals surface area contributed by atoms with E-state index in [0.717, 1.165) is 5.56 Å². The lowest BCUT2D eigenvalue weighted by molar-refractivity contribution is -0.128. The molecule has 0 radical (unpaired) electrons. The van der Waals surface area contributed by atoms with Gasteiger partial charge in [-0.15, -0.1) is 11.3 Å². The summed E-state index contributed by atoms with van der Waals surface area (Å²) in [5.41, 5.74) is 5.97. The molecule has 150 valence electrons. The number of nitrogens with zero attached hydrogens (tertiary/aromatic N) is 1. The highest BCUT2D eigenvalue weighted by Gasteiger charge is 2.20. The second-order valence-corrected chi connectivity index (χ2v) is 7.51. The quantitative estimate of drug-likeness (QED) is 0.592. The molecule has 2 N–H and O–H groups in total. The van der Waals surface area contributed by atoms with Crippen LogP contribution in [0.25, 0.3) is 10.6 Å². The minimum atomic E-state index is -1.01. The van der Waals surface area contributed by atoms with Crippen molar-refractivity contribution in [2.75, 3.05) is 0 Å². The van der Waals surface area contributed by atoms with Crippen molar-refractivity contribution in [1.82, 2.24) is 15.8 Å². The third-order valence-electron chi connectivity index (χ3n) is 3.90. The summed E-state index contributed by atoms with van der Waals surface area (Å²) in [5, 5.41) is 1.27. The largest absolute Gasteiger partial charge is 0.478 e. The van der Waals surface area contributed by atoms with Crippen LogP contribution in [0.5, 0.6) is 5.75 Å². The van der Waals surface area contributed by atoms with E-state index in [2.05, 4.69) is 15.8 Å². The molecule has 2 aromatic carbocycles. The van der Waals surface area contributed by atoms with Crippen molar-refractivity contribution in [2.45, 2.75) is 20.0 Å². The molecule has 1 atom stereocenters. The van der Waals surface area contributed by atoms with E-state index in [1.807, 2.05) is 12.1 Å². The summed E-state index contributed by atoms with van der Waals surface area (Å²) in [5.74, 6) is -1.76. The number of benzene rings is 2. The highest BCUT2D eigenvalue weighted by molar-refractivity contribution is 7.17. The van der Waals surface area contributed by atoms with Crippen molar-refractivity contribution in [3.63, 3.8) is 0 Å². The number of para-hydroxylation sites is 1. The van der Waals surface area contributed by atoms with Gasteiger partial charge in [-0.3, -0.25) is 20.4 Å². The van der Waals surface area contributed by atoms with E-state index in [1.165, 1.54) is 36.5 Å². The van der Waals surface area contributed by atoms with Gasteiger partial charge in [-0.25, -0.2) is 9.37 Å². The van der Waals surface area contributed by atoms with E-state index < -0.39 is 23.7 Å². The van der Waals surface area contributed by atoms with Crippen molar-refractivity contribution in [3.8, 4) is 16.3 Å². The number of ether oxygens (including phenoxy) is 1. The Morgan fingerprint density at radius 1 is 1.14 bits per heavy atom. The van der Waals surface area contributed by atoms with Gasteiger partial charge < -0.3 is 4.74 Å². The van der Waals surface area contributed by atoms with Gasteiger partial charge in [-0.2, -0.15) is 0 Å². The predicted molar refractivity (Wildman–Crippen MR) is 109 cm³/mol. The highest BCUT2D eigenvalue weighted by Crippen LogP contribution is 2.28. The third kappa shape index (κ3) is 5.10. The lowest BCUT2D eigenvalue weighted by Gasteiger charge is -2.15. The average molecular weight is 434 g/mol. The molecule has 0 aliphatic carbocycles. The van der Waals surface area contributed by atoms with E-state index in [9.17, 15) is 14.0 Å². The van der Waals surface area contributed by atoms with E-state index in [0.29, 0.717) is 20.6 Å². The van der Waals surface area contributed by atoms with Gasteiger partial charge in [-0.1, -0.05) is 35.9 Å². The SMILES string of the molecule is Cc1nc(-c2ccc(Cl)cc2)sc1C(=O)NNC(=O)[C@H](C)Oc1ccccc1F. The summed E-state index contributed by atoms with van der Waals surface area (Å²) < 4.78 is 18.9. The molecule has 6 nitrogen and oxygen atoms in total. The van der Waals surface area contributed by atoms with Crippen LogP contribution in [0.2, 0.25) is 5.02 Å². The molecule has 3 rings (SSSR count). The monoisotopic (exact) mass is 433 g/mol. The molecule has 29 heavy (non-hydrogen) atoms. The Hall–Kier alpha value is -2.97. The Balaban J connectivity index is 1.61. The van der Waals surface area contributed by atoms with Crippen LogP contribution in [0.3, 0.4) is 0 Å². The molecule has 0 unspecified atom stereocenters. The molecule has 0 aliphatic heterocycles. The van der Waals surface area contributed by atoms with Crippen molar-refractivity contribution >= 4 is 34.8 Å². The van der Waals surface area contributed by atoms with Crippen LogP contribution in [0, 0.1) is 12.7 Å². The predicted octanol–water partition coefficient (Wildman–Crippen LogP) is 4.14. The lowest BCUT2D eigenvalue weighted by Crippen LogP contribution is -2.47. The Morgan fingerprint density at radius 2 is 1.83 bits per heavy atom. The summed E-state index contributed by atoms with van der Waals surface area (Å²) in [6.07, 6.45) is -1.01. The maximum atomic E-state index is 13.6. The summed E-state index contributed by atoms with van der Waals surface area (Å²) in [6.45, 7) is 3.15. The fraction of sp³-hybridized carbons (Fsp3) is 0.150. The fourth-order valence-corrected chi connectivity index (χ4v) is 3.48. The van der Waals surface area contributed by atoms with Gasteiger partial charge in [-0.05, 0) is 38.1 Å². The Morgan fingerprint density at radius 3 is 2.52 bits per heavy atom. The summed E-state index contributed by atoms with van der Waals surface area (Å²) in [7, 11) is 0. The maximum absolute atomic E-state index is 13.6. The molecule has 3 aromatic rings. The molecule has 0 bridgehead atoms. The number of rotatable bonds is 5. The zero-order valence-electron chi connectivity index (χ0n) is 15.5. The van der Waals surface area contributed by atoms with Crippen molar-refractivity contribution in [2.24, 2.45) is 0 Å². The van der Waals surface area contributed by atoms with Crippen molar-refractivity contribution in [1.29, 1.82) is 0 Å². The number of nitrogens with one attached hydrogen (secondary N) is 2. The molecule has 1 heterocycles. The van der Waals surface area contributed by atoms with Crippen molar-refractivity contribution < 1.29 is 18.7 Å². The summed E-state index contributed by atoms with van der Waals surface area (Å²) >= 11 is 7.08. The van der Waals surface area contributed by atoms with Gasteiger partial charge in [0, 0.05) is 10.6 Å².